The second-order valence-electron chi connectivity index (χ2n) is 4.75. The first-order valence-corrected chi connectivity index (χ1v) is 7.89. The molecule has 20 heavy (non-hydrogen) atoms. The van der Waals surface area contributed by atoms with Gasteiger partial charge in [0.05, 0.1) is 5.75 Å². The Kier molecular flexibility index (Phi) is 5.26. The number of thioether (sulfide) groups is 1. The molecule has 0 saturated carbocycles. The molecule has 0 bridgehead atoms. The van der Waals surface area contributed by atoms with Crippen LogP contribution >= 0.6 is 23.4 Å². The zero-order valence-corrected chi connectivity index (χ0v) is 13.4. The third-order valence-electron chi connectivity index (χ3n) is 2.80. The van der Waals surface area contributed by atoms with Gasteiger partial charge in [-0.2, -0.15) is 0 Å². The van der Waals surface area contributed by atoms with E-state index in [2.05, 4.69) is 29.1 Å². The van der Waals surface area contributed by atoms with Crippen molar-refractivity contribution < 1.29 is 0 Å². The molecule has 0 fully saturated rings. The van der Waals surface area contributed by atoms with E-state index in [1.807, 2.05) is 37.4 Å². The summed E-state index contributed by atoms with van der Waals surface area (Å²) in [6, 6.07) is 9.83. The molecule has 0 atom stereocenters. The summed E-state index contributed by atoms with van der Waals surface area (Å²) in [5.41, 5.74) is 1.06. The van der Waals surface area contributed by atoms with Gasteiger partial charge in [0.2, 0.25) is 0 Å². The molecular weight excluding hydrogens is 290 g/mol. The molecule has 0 radical (unpaired) electrons. The minimum atomic E-state index is 0.389. The van der Waals surface area contributed by atoms with Crippen molar-refractivity contribution in [3.8, 4) is 0 Å². The van der Waals surface area contributed by atoms with Gasteiger partial charge < -0.3 is 5.32 Å². The quantitative estimate of drug-likeness (QED) is 0.820. The van der Waals surface area contributed by atoms with Gasteiger partial charge in [-0.25, -0.2) is 9.97 Å². The molecule has 0 spiro atoms. The van der Waals surface area contributed by atoms with Crippen LogP contribution in [0.5, 0.6) is 0 Å². The number of aromatic nitrogens is 2. The lowest BCUT2D eigenvalue weighted by molar-refractivity contribution is 0.800. The van der Waals surface area contributed by atoms with E-state index in [9.17, 15) is 0 Å². The Bertz CT molecular complexity index is 587. The molecule has 1 aromatic carbocycles. The number of nitrogens with one attached hydrogen (secondary N) is 1. The number of hydrogen-bond acceptors (Lipinski definition) is 4. The topological polar surface area (TPSA) is 37.8 Å². The molecule has 3 nitrogen and oxygen atoms in total. The number of nitrogens with zero attached hydrogens (tertiary/aromatic N) is 2. The summed E-state index contributed by atoms with van der Waals surface area (Å²) in [5, 5.41) is 3.84. The Balaban J connectivity index is 2.14. The van der Waals surface area contributed by atoms with Gasteiger partial charge in [0.25, 0.3) is 0 Å². The Morgan fingerprint density at radius 2 is 2.05 bits per heavy atom. The molecule has 2 aromatic rings. The predicted molar refractivity (Wildman–Crippen MR) is 86.7 cm³/mol. The van der Waals surface area contributed by atoms with E-state index in [-0.39, 0.29) is 0 Å². The SMILES string of the molecule is CNc1cc(C(C)C)nc(CSc2cccc(Cl)c2)n1. The summed E-state index contributed by atoms with van der Waals surface area (Å²) < 4.78 is 0. The third-order valence-corrected chi connectivity index (χ3v) is 4.03. The lowest BCUT2D eigenvalue weighted by Crippen LogP contribution is -2.04. The van der Waals surface area contributed by atoms with Crippen molar-refractivity contribution in [1.29, 1.82) is 0 Å². The molecule has 5 heteroatoms. The van der Waals surface area contributed by atoms with Gasteiger partial charge in [0.15, 0.2) is 0 Å². The van der Waals surface area contributed by atoms with Gasteiger partial charge >= 0.3 is 0 Å². The maximum absolute atomic E-state index is 5.99. The van der Waals surface area contributed by atoms with Crippen LogP contribution in [0.25, 0.3) is 0 Å². The normalized spacial score (nSPS) is 10.8. The summed E-state index contributed by atoms with van der Waals surface area (Å²) in [4.78, 5) is 10.2. The molecule has 0 unspecified atom stereocenters. The largest absolute Gasteiger partial charge is 0.373 e. The summed E-state index contributed by atoms with van der Waals surface area (Å²) in [5.74, 6) is 2.83. The molecule has 2 rings (SSSR count). The number of halogens is 1. The summed E-state index contributed by atoms with van der Waals surface area (Å²) in [6.07, 6.45) is 0. The highest BCUT2D eigenvalue weighted by Gasteiger charge is 2.08. The third kappa shape index (κ3) is 4.12. The molecule has 1 heterocycles. The minimum Gasteiger partial charge on any atom is -0.373 e. The summed E-state index contributed by atoms with van der Waals surface area (Å²) in [7, 11) is 1.88. The number of rotatable bonds is 5. The van der Waals surface area contributed by atoms with Crippen LogP contribution < -0.4 is 5.32 Å². The minimum absolute atomic E-state index is 0.389. The Morgan fingerprint density at radius 3 is 2.70 bits per heavy atom. The predicted octanol–water partition coefficient (Wildman–Crippen LogP) is 4.59. The lowest BCUT2D eigenvalue weighted by Gasteiger charge is -2.10. The van der Waals surface area contributed by atoms with Crippen LogP contribution in [0.2, 0.25) is 5.02 Å². The van der Waals surface area contributed by atoms with Crippen LogP contribution in [0.4, 0.5) is 5.82 Å². The Morgan fingerprint density at radius 1 is 1.25 bits per heavy atom. The highest BCUT2D eigenvalue weighted by Crippen LogP contribution is 2.25. The van der Waals surface area contributed by atoms with E-state index in [4.69, 9.17) is 11.6 Å². The molecule has 106 valence electrons. The highest BCUT2D eigenvalue weighted by molar-refractivity contribution is 7.98. The number of anilines is 1. The van der Waals surface area contributed by atoms with E-state index in [0.717, 1.165) is 33.0 Å². The molecule has 0 aliphatic carbocycles. The second kappa shape index (κ2) is 6.95. The fourth-order valence-electron chi connectivity index (χ4n) is 1.71. The first-order chi connectivity index (χ1) is 9.58. The van der Waals surface area contributed by atoms with Crippen LogP contribution in [0, 0.1) is 0 Å². The van der Waals surface area contributed by atoms with Gasteiger partial charge in [-0.3, -0.25) is 0 Å². The average Bonchev–Trinajstić information content (AvgIpc) is 2.45. The number of benzene rings is 1. The van der Waals surface area contributed by atoms with Gasteiger partial charge in [-0.15, -0.1) is 11.8 Å². The van der Waals surface area contributed by atoms with E-state index >= 15 is 0 Å². The average molecular weight is 308 g/mol. The monoisotopic (exact) mass is 307 g/mol. The standard InChI is InChI=1S/C15H18ClN3S/c1-10(2)13-8-14(17-3)19-15(18-13)9-20-12-6-4-5-11(16)7-12/h4-8,10H,9H2,1-3H3,(H,17,18,19). The molecule has 0 saturated heterocycles. The number of hydrogen-bond donors (Lipinski definition) is 1. The fourth-order valence-corrected chi connectivity index (χ4v) is 2.78. The van der Waals surface area contributed by atoms with Crippen LogP contribution in [-0.2, 0) is 5.75 Å². The van der Waals surface area contributed by atoms with E-state index < -0.39 is 0 Å². The molecule has 0 aliphatic rings. The van der Waals surface area contributed by atoms with Crippen LogP contribution in [0.15, 0.2) is 35.2 Å². The van der Waals surface area contributed by atoms with Gasteiger partial charge in [0, 0.05) is 28.7 Å². The van der Waals surface area contributed by atoms with Gasteiger partial charge in [0.1, 0.15) is 11.6 Å². The van der Waals surface area contributed by atoms with Crippen molar-refractivity contribution >= 4 is 29.2 Å². The highest BCUT2D eigenvalue weighted by atomic mass is 35.5. The first kappa shape index (κ1) is 15.1. The smallest absolute Gasteiger partial charge is 0.141 e. The van der Waals surface area contributed by atoms with Crippen molar-refractivity contribution in [2.75, 3.05) is 12.4 Å². The molecule has 0 amide bonds. The zero-order chi connectivity index (χ0) is 14.5. The molecule has 1 aromatic heterocycles. The van der Waals surface area contributed by atoms with E-state index in [1.54, 1.807) is 11.8 Å². The Hall–Kier alpha value is -1.26. The van der Waals surface area contributed by atoms with Crippen molar-refractivity contribution in [2.45, 2.75) is 30.4 Å². The van der Waals surface area contributed by atoms with Gasteiger partial charge in [-0.05, 0) is 24.1 Å². The Labute approximate surface area is 129 Å². The maximum atomic E-state index is 5.99. The first-order valence-electron chi connectivity index (χ1n) is 6.52. The van der Waals surface area contributed by atoms with Crippen molar-refractivity contribution in [3.63, 3.8) is 0 Å². The lowest BCUT2D eigenvalue weighted by atomic mass is 10.1. The van der Waals surface area contributed by atoms with Crippen molar-refractivity contribution in [1.82, 2.24) is 9.97 Å². The van der Waals surface area contributed by atoms with Crippen LogP contribution in [0.1, 0.15) is 31.3 Å². The van der Waals surface area contributed by atoms with E-state index in [1.165, 1.54) is 0 Å². The fraction of sp³-hybridized carbons (Fsp3) is 0.333. The van der Waals surface area contributed by atoms with Crippen molar-refractivity contribution in [2.24, 2.45) is 0 Å². The summed E-state index contributed by atoms with van der Waals surface area (Å²) in [6.45, 7) is 4.27. The summed E-state index contributed by atoms with van der Waals surface area (Å²) >= 11 is 7.68. The molecular formula is C15H18ClN3S. The molecule has 0 aliphatic heterocycles. The van der Waals surface area contributed by atoms with E-state index in [0.29, 0.717) is 5.92 Å². The second-order valence-corrected chi connectivity index (χ2v) is 6.23. The zero-order valence-electron chi connectivity index (χ0n) is 11.9. The molecule has 1 N–H and O–H groups in total. The van der Waals surface area contributed by atoms with Gasteiger partial charge in [-0.1, -0.05) is 31.5 Å². The van der Waals surface area contributed by atoms with Crippen LogP contribution in [0.3, 0.4) is 0 Å². The van der Waals surface area contributed by atoms with Crippen molar-refractivity contribution in [3.05, 3.63) is 46.9 Å². The maximum Gasteiger partial charge on any atom is 0.141 e. The van der Waals surface area contributed by atoms with Crippen LogP contribution in [-0.4, -0.2) is 17.0 Å².